The maximum absolute atomic E-state index is 13.0. The summed E-state index contributed by atoms with van der Waals surface area (Å²) in [6.07, 6.45) is 0. The van der Waals surface area contributed by atoms with Crippen LogP contribution in [0.4, 0.5) is 8.78 Å². The zero-order valence-electron chi connectivity index (χ0n) is 11.8. The summed E-state index contributed by atoms with van der Waals surface area (Å²) >= 11 is 0. The van der Waals surface area contributed by atoms with E-state index in [0.29, 0.717) is 5.56 Å². The first-order valence-electron chi connectivity index (χ1n) is 6.12. The smallest absolute Gasteiger partial charge is 0.236 e. The number of halogens is 2. The summed E-state index contributed by atoms with van der Waals surface area (Å²) in [5.74, 6) is -1.88. The Morgan fingerprint density at radius 1 is 1.26 bits per heavy atom. The molecule has 0 aliphatic carbocycles. The maximum atomic E-state index is 13.0. The average Bonchev–Trinajstić information content (AvgIpc) is 2.29. The highest BCUT2D eigenvalue weighted by atomic mass is 19.2. The van der Waals surface area contributed by atoms with Gasteiger partial charge in [-0.05, 0) is 38.5 Å². The molecule has 0 radical (unpaired) electrons. The fourth-order valence-corrected chi connectivity index (χ4v) is 1.48. The molecule has 1 aromatic rings. The molecule has 1 N–H and O–H groups in total. The van der Waals surface area contributed by atoms with Crippen molar-refractivity contribution >= 4 is 5.91 Å². The van der Waals surface area contributed by atoms with Gasteiger partial charge in [0.15, 0.2) is 11.6 Å². The van der Waals surface area contributed by atoms with Gasteiger partial charge >= 0.3 is 0 Å². The number of amides is 1. The first kappa shape index (κ1) is 15.6. The molecule has 1 aromatic carbocycles. The number of hydrogen-bond donors (Lipinski definition) is 1. The van der Waals surface area contributed by atoms with Crippen molar-refractivity contribution in [2.45, 2.75) is 32.9 Å². The molecule has 1 rings (SSSR count). The fraction of sp³-hybridized carbons (Fsp3) is 0.500. The van der Waals surface area contributed by atoms with Crippen molar-refractivity contribution in [2.24, 2.45) is 0 Å². The largest absolute Gasteiger partial charge is 0.340 e. The lowest BCUT2D eigenvalue weighted by atomic mass is 10.1. The van der Waals surface area contributed by atoms with E-state index in [1.807, 2.05) is 20.8 Å². The highest BCUT2D eigenvalue weighted by Gasteiger charge is 2.14. The third-order valence-corrected chi connectivity index (χ3v) is 2.60. The molecule has 106 valence electrons. The molecular weight excluding hydrogens is 250 g/mol. The summed E-state index contributed by atoms with van der Waals surface area (Å²) in [5, 5.41) is 3.08. The Bertz CT molecular complexity index is 455. The minimum Gasteiger partial charge on any atom is -0.340 e. The summed E-state index contributed by atoms with van der Waals surface area (Å²) in [6, 6.07) is 3.64. The lowest BCUT2D eigenvalue weighted by molar-refractivity contribution is -0.129. The molecule has 1 amide bonds. The Morgan fingerprint density at radius 3 is 2.42 bits per heavy atom. The van der Waals surface area contributed by atoms with Gasteiger partial charge in [0.1, 0.15) is 0 Å². The van der Waals surface area contributed by atoms with Gasteiger partial charge in [-0.25, -0.2) is 8.78 Å². The van der Waals surface area contributed by atoms with Crippen LogP contribution in [0.5, 0.6) is 0 Å². The summed E-state index contributed by atoms with van der Waals surface area (Å²) in [5.41, 5.74) is 0.420. The molecule has 0 saturated carbocycles. The number of benzene rings is 1. The van der Waals surface area contributed by atoms with Gasteiger partial charge in [0.05, 0.1) is 6.54 Å². The van der Waals surface area contributed by atoms with Crippen molar-refractivity contribution in [3.63, 3.8) is 0 Å². The van der Waals surface area contributed by atoms with E-state index in [9.17, 15) is 13.6 Å². The van der Waals surface area contributed by atoms with Crippen LogP contribution in [0.2, 0.25) is 0 Å². The molecule has 5 heteroatoms. The van der Waals surface area contributed by atoms with Gasteiger partial charge in [-0.15, -0.1) is 0 Å². The topological polar surface area (TPSA) is 32.3 Å². The number of carbonyl (C=O) groups excluding carboxylic acids is 1. The molecule has 0 unspecified atom stereocenters. The van der Waals surface area contributed by atoms with Gasteiger partial charge in [-0.2, -0.15) is 0 Å². The quantitative estimate of drug-likeness (QED) is 0.910. The minimum absolute atomic E-state index is 0.0975. The molecule has 0 fully saturated rings. The van der Waals surface area contributed by atoms with Crippen LogP contribution in [-0.4, -0.2) is 29.9 Å². The SMILES string of the molecule is CN(Cc1ccc(F)c(F)c1)C(=O)CNC(C)(C)C. The highest BCUT2D eigenvalue weighted by Crippen LogP contribution is 2.10. The third-order valence-electron chi connectivity index (χ3n) is 2.60. The zero-order chi connectivity index (χ0) is 14.6. The van der Waals surface area contributed by atoms with Gasteiger partial charge in [0.25, 0.3) is 0 Å². The van der Waals surface area contributed by atoms with E-state index in [-0.39, 0.29) is 24.5 Å². The van der Waals surface area contributed by atoms with E-state index >= 15 is 0 Å². The highest BCUT2D eigenvalue weighted by molar-refractivity contribution is 5.78. The predicted octanol–water partition coefficient (Wildman–Crippen LogP) is 2.31. The first-order chi connectivity index (χ1) is 8.69. The molecule has 0 aliphatic heterocycles. The van der Waals surface area contributed by atoms with E-state index in [4.69, 9.17) is 0 Å². The van der Waals surface area contributed by atoms with Crippen molar-refractivity contribution in [1.29, 1.82) is 0 Å². The normalized spacial score (nSPS) is 11.5. The standard InChI is InChI=1S/C14H20F2N2O/c1-14(2,3)17-8-13(19)18(4)9-10-5-6-11(15)12(16)7-10/h5-7,17H,8-9H2,1-4H3. The van der Waals surface area contributed by atoms with Gasteiger partial charge in [0.2, 0.25) is 5.91 Å². The maximum Gasteiger partial charge on any atom is 0.236 e. The van der Waals surface area contributed by atoms with Crippen LogP contribution in [0.3, 0.4) is 0 Å². The van der Waals surface area contributed by atoms with Gasteiger partial charge in [-0.3, -0.25) is 4.79 Å². The van der Waals surface area contributed by atoms with Gasteiger partial charge < -0.3 is 10.2 Å². The summed E-state index contributed by atoms with van der Waals surface area (Å²) in [6.45, 7) is 6.37. The molecule has 0 aromatic heterocycles. The third kappa shape index (κ3) is 5.34. The number of likely N-dealkylation sites (N-methyl/N-ethyl adjacent to an activating group) is 1. The summed E-state index contributed by atoms with van der Waals surface area (Å²) in [4.78, 5) is 13.3. The van der Waals surface area contributed by atoms with E-state index < -0.39 is 11.6 Å². The second-order valence-corrected chi connectivity index (χ2v) is 5.60. The minimum atomic E-state index is -0.897. The van der Waals surface area contributed by atoms with Crippen molar-refractivity contribution in [1.82, 2.24) is 10.2 Å². The van der Waals surface area contributed by atoms with Crippen LogP contribution in [0.15, 0.2) is 18.2 Å². The first-order valence-corrected chi connectivity index (χ1v) is 6.12. The van der Waals surface area contributed by atoms with Gasteiger partial charge in [0, 0.05) is 19.1 Å². The second kappa shape index (κ2) is 6.10. The summed E-state index contributed by atoms with van der Waals surface area (Å²) in [7, 11) is 1.63. The molecule has 0 heterocycles. The Labute approximate surface area is 112 Å². The molecule has 0 saturated heterocycles. The Morgan fingerprint density at radius 2 is 1.89 bits per heavy atom. The van der Waals surface area contributed by atoms with Crippen molar-refractivity contribution < 1.29 is 13.6 Å². The van der Waals surface area contributed by atoms with Crippen LogP contribution >= 0.6 is 0 Å². The van der Waals surface area contributed by atoms with Crippen LogP contribution in [-0.2, 0) is 11.3 Å². The van der Waals surface area contributed by atoms with Gasteiger partial charge in [-0.1, -0.05) is 6.07 Å². The lowest BCUT2D eigenvalue weighted by Crippen LogP contribution is -2.43. The lowest BCUT2D eigenvalue weighted by Gasteiger charge is -2.23. The van der Waals surface area contributed by atoms with Crippen molar-refractivity contribution in [3.05, 3.63) is 35.4 Å². The number of carbonyl (C=O) groups is 1. The second-order valence-electron chi connectivity index (χ2n) is 5.60. The Balaban J connectivity index is 2.56. The molecular formula is C14H20F2N2O. The number of nitrogens with one attached hydrogen (secondary N) is 1. The van der Waals surface area contributed by atoms with Crippen LogP contribution in [0, 0.1) is 11.6 Å². The molecule has 0 bridgehead atoms. The average molecular weight is 270 g/mol. The predicted molar refractivity (Wildman–Crippen MR) is 70.6 cm³/mol. The van der Waals surface area contributed by atoms with E-state index in [0.717, 1.165) is 12.1 Å². The van der Waals surface area contributed by atoms with Crippen LogP contribution in [0.25, 0.3) is 0 Å². The Kier molecular flexibility index (Phi) is 5.00. The monoisotopic (exact) mass is 270 g/mol. The zero-order valence-corrected chi connectivity index (χ0v) is 11.8. The van der Waals surface area contributed by atoms with Crippen molar-refractivity contribution in [3.8, 4) is 0 Å². The molecule has 3 nitrogen and oxygen atoms in total. The fourth-order valence-electron chi connectivity index (χ4n) is 1.48. The summed E-state index contributed by atoms with van der Waals surface area (Å²) < 4.78 is 25.8. The van der Waals surface area contributed by atoms with E-state index in [2.05, 4.69) is 5.32 Å². The number of hydrogen-bond acceptors (Lipinski definition) is 2. The molecule has 0 aliphatic rings. The Hall–Kier alpha value is -1.49. The number of nitrogens with zero attached hydrogens (tertiary/aromatic N) is 1. The molecule has 0 atom stereocenters. The molecule has 19 heavy (non-hydrogen) atoms. The van der Waals surface area contributed by atoms with Crippen LogP contribution < -0.4 is 5.32 Å². The van der Waals surface area contributed by atoms with E-state index in [1.165, 1.54) is 11.0 Å². The van der Waals surface area contributed by atoms with Crippen molar-refractivity contribution in [2.75, 3.05) is 13.6 Å². The molecule has 0 spiro atoms. The van der Waals surface area contributed by atoms with Crippen LogP contribution in [0.1, 0.15) is 26.3 Å². The number of rotatable bonds is 4. The van der Waals surface area contributed by atoms with E-state index in [1.54, 1.807) is 7.05 Å².